The topological polar surface area (TPSA) is 59.2 Å². The highest BCUT2D eigenvalue weighted by molar-refractivity contribution is 5.69. The molecule has 4 aliphatic carbocycles. The molecule has 1 N–H and O–H groups in total. The van der Waals surface area contributed by atoms with Crippen LogP contribution in [0.4, 0.5) is 0 Å². The zero-order valence-electron chi connectivity index (χ0n) is 18.6. The van der Waals surface area contributed by atoms with Crippen LogP contribution in [0.15, 0.2) is 52.6 Å². The molecule has 6 rings (SSSR count). The third-order valence-electron chi connectivity index (χ3n) is 9.35. The standard InChI is InChI=1S/C27H32N2O2/c1-26-14-12-19(30)16-18(26)8-9-20-21-10-11-23(27(21,2)15-13-22(20)26)25-28-24(29-31-25)17-6-4-3-5-7-17/h3-8,11,19-22,30H,9-10,12-16H2,1-2H3/t19-,20-,21-,22-,26-,27-/m0/s1. The van der Waals surface area contributed by atoms with Crippen LogP contribution in [0.25, 0.3) is 17.0 Å². The van der Waals surface area contributed by atoms with Crippen LogP contribution < -0.4 is 0 Å². The van der Waals surface area contributed by atoms with E-state index >= 15 is 0 Å². The number of benzene rings is 1. The Hall–Kier alpha value is -2.20. The summed E-state index contributed by atoms with van der Waals surface area (Å²) in [6, 6.07) is 10.1. The first-order chi connectivity index (χ1) is 15.0. The Bertz CT molecular complexity index is 1050. The molecule has 31 heavy (non-hydrogen) atoms. The second kappa shape index (κ2) is 6.90. The number of nitrogens with zero attached hydrogens (tertiary/aromatic N) is 2. The van der Waals surface area contributed by atoms with Gasteiger partial charge in [0.05, 0.1) is 6.10 Å². The lowest BCUT2D eigenvalue weighted by molar-refractivity contribution is -0.0242. The lowest BCUT2D eigenvalue weighted by atomic mass is 9.47. The van der Waals surface area contributed by atoms with Crippen molar-refractivity contribution in [1.29, 1.82) is 0 Å². The van der Waals surface area contributed by atoms with Crippen molar-refractivity contribution in [3.63, 3.8) is 0 Å². The summed E-state index contributed by atoms with van der Waals surface area (Å²) in [4.78, 5) is 4.80. The molecule has 0 radical (unpaired) electrons. The molecule has 2 fully saturated rings. The number of allylic oxidation sites excluding steroid dienone is 3. The van der Waals surface area contributed by atoms with Crippen LogP contribution in [0.5, 0.6) is 0 Å². The molecular weight excluding hydrogens is 384 g/mol. The van der Waals surface area contributed by atoms with E-state index in [9.17, 15) is 5.11 Å². The lowest BCUT2D eigenvalue weighted by Crippen LogP contribution is -2.49. The summed E-state index contributed by atoms with van der Waals surface area (Å²) in [5, 5.41) is 14.5. The first-order valence-corrected chi connectivity index (χ1v) is 12.0. The molecule has 1 heterocycles. The van der Waals surface area contributed by atoms with E-state index in [1.807, 2.05) is 30.3 Å². The summed E-state index contributed by atoms with van der Waals surface area (Å²) in [5.74, 6) is 3.45. The summed E-state index contributed by atoms with van der Waals surface area (Å²) in [6.07, 6.45) is 12.4. The first kappa shape index (κ1) is 19.5. The summed E-state index contributed by atoms with van der Waals surface area (Å²) in [5.41, 5.74) is 4.18. The predicted octanol–water partition coefficient (Wildman–Crippen LogP) is 6.05. The minimum absolute atomic E-state index is 0.109. The van der Waals surface area contributed by atoms with E-state index in [1.54, 1.807) is 0 Å². The van der Waals surface area contributed by atoms with Crippen LogP contribution >= 0.6 is 0 Å². The van der Waals surface area contributed by atoms with Crippen LogP contribution in [0, 0.1) is 28.6 Å². The summed E-state index contributed by atoms with van der Waals surface area (Å²) >= 11 is 0. The van der Waals surface area contributed by atoms with E-state index < -0.39 is 0 Å². The Kier molecular flexibility index (Phi) is 4.34. The van der Waals surface area contributed by atoms with Crippen molar-refractivity contribution in [2.24, 2.45) is 28.6 Å². The summed E-state index contributed by atoms with van der Waals surface area (Å²) in [6.45, 7) is 4.92. The Balaban J connectivity index is 1.29. The van der Waals surface area contributed by atoms with Crippen LogP contribution in [-0.4, -0.2) is 21.4 Å². The smallest absolute Gasteiger partial charge is 0.254 e. The van der Waals surface area contributed by atoms with Gasteiger partial charge >= 0.3 is 0 Å². The maximum atomic E-state index is 10.2. The number of fused-ring (bicyclic) bond motifs is 5. The molecular formula is C27H32N2O2. The molecule has 0 saturated heterocycles. The average Bonchev–Trinajstić information content (AvgIpc) is 3.39. The molecule has 1 aromatic heterocycles. The van der Waals surface area contributed by atoms with Crippen LogP contribution in [0.3, 0.4) is 0 Å². The number of hydrogen-bond acceptors (Lipinski definition) is 4. The second-order valence-corrected chi connectivity index (χ2v) is 10.8. The van der Waals surface area contributed by atoms with Gasteiger partial charge in [-0.15, -0.1) is 0 Å². The zero-order valence-corrected chi connectivity index (χ0v) is 18.6. The second-order valence-electron chi connectivity index (χ2n) is 10.8. The maximum Gasteiger partial charge on any atom is 0.254 e. The number of aliphatic hydroxyl groups excluding tert-OH is 1. The Labute approximate surface area is 184 Å². The minimum atomic E-state index is -0.138. The summed E-state index contributed by atoms with van der Waals surface area (Å²) < 4.78 is 5.80. The van der Waals surface area contributed by atoms with E-state index in [1.165, 1.54) is 24.0 Å². The predicted molar refractivity (Wildman–Crippen MR) is 121 cm³/mol. The van der Waals surface area contributed by atoms with Crippen molar-refractivity contribution in [2.45, 2.75) is 64.9 Å². The van der Waals surface area contributed by atoms with Gasteiger partial charge in [0.2, 0.25) is 5.82 Å². The molecule has 4 nitrogen and oxygen atoms in total. The van der Waals surface area contributed by atoms with Gasteiger partial charge in [0.25, 0.3) is 5.89 Å². The molecule has 0 spiro atoms. The van der Waals surface area contributed by atoms with Crippen LogP contribution in [-0.2, 0) is 0 Å². The fourth-order valence-electron chi connectivity index (χ4n) is 7.58. The highest BCUT2D eigenvalue weighted by atomic mass is 16.5. The van der Waals surface area contributed by atoms with Gasteiger partial charge in [0.15, 0.2) is 0 Å². The van der Waals surface area contributed by atoms with E-state index in [-0.39, 0.29) is 16.9 Å². The molecule has 0 aliphatic heterocycles. The molecule has 4 aliphatic rings. The number of aliphatic hydroxyl groups is 1. The quantitative estimate of drug-likeness (QED) is 0.605. The van der Waals surface area contributed by atoms with Crippen molar-refractivity contribution in [3.05, 3.63) is 53.9 Å². The van der Waals surface area contributed by atoms with Gasteiger partial charge in [0, 0.05) is 16.6 Å². The van der Waals surface area contributed by atoms with Crippen LogP contribution in [0.1, 0.15) is 64.7 Å². The van der Waals surface area contributed by atoms with E-state index in [0.717, 1.165) is 43.6 Å². The third-order valence-corrected chi connectivity index (χ3v) is 9.35. The van der Waals surface area contributed by atoms with Gasteiger partial charge in [-0.25, -0.2) is 0 Å². The molecule has 2 aromatic rings. The van der Waals surface area contributed by atoms with Crippen LogP contribution in [0.2, 0.25) is 0 Å². The highest BCUT2D eigenvalue weighted by Gasteiger charge is 2.57. The van der Waals surface area contributed by atoms with Gasteiger partial charge in [-0.2, -0.15) is 4.98 Å². The Morgan fingerprint density at radius 1 is 0.968 bits per heavy atom. The monoisotopic (exact) mass is 416 g/mol. The molecule has 0 unspecified atom stereocenters. The third kappa shape index (κ3) is 2.83. The number of hydrogen-bond donors (Lipinski definition) is 1. The van der Waals surface area contributed by atoms with Gasteiger partial charge in [-0.05, 0) is 68.1 Å². The Morgan fingerprint density at radius 2 is 1.77 bits per heavy atom. The fraction of sp³-hybridized carbons (Fsp3) is 0.556. The largest absolute Gasteiger partial charge is 0.393 e. The summed E-state index contributed by atoms with van der Waals surface area (Å²) in [7, 11) is 0. The number of rotatable bonds is 2. The van der Waals surface area contributed by atoms with E-state index in [4.69, 9.17) is 9.51 Å². The molecule has 162 valence electrons. The lowest BCUT2D eigenvalue weighted by Gasteiger charge is -2.57. The van der Waals surface area contributed by atoms with Crippen molar-refractivity contribution in [1.82, 2.24) is 10.1 Å². The molecule has 6 atom stereocenters. The van der Waals surface area contributed by atoms with E-state index in [2.05, 4.69) is 31.2 Å². The van der Waals surface area contributed by atoms with Gasteiger partial charge in [-0.3, -0.25) is 0 Å². The highest BCUT2D eigenvalue weighted by Crippen LogP contribution is 2.66. The maximum absolute atomic E-state index is 10.2. The first-order valence-electron chi connectivity index (χ1n) is 12.0. The SMILES string of the molecule is C[C@]12CC[C@H](O)CC1=CC[C@@H]1[C@@H]2CC[C@]2(C)C(c3nc(-c4ccccc4)no3)=CC[C@@H]12. The minimum Gasteiger partial charge on any atom is -0.393 e. The zero-order chi connectivity index (χ0) is 21.2. The molecule has 1 aromatic carbocycles. The molecule has 0 amide bonds. The van der Waals surface area contributed by atoms with E-state index in [0.29, 0.717) is 23.6 Å². The fourth-order valence-corrected chi connectivity index (χ4v) is 7.58. The molecule has 2 saturated carbocycles. The normalized spacial score (nSPS) is 39.2. The number of aromatic nitrogens is 2. The van der Waals surface area contributed by atoms with Gasteiger partial charge < -0.3 is 9.63 Å². The van der Waals surface area contributed by atoms with Gasteiger partial charge in [0.1, 0.15) is 0 Å². The van der Waals surface area contributed by atoms with Crippen molar-refractivity contribution >= 4 is 5.57 Å². The van der Waals surface area contributed by atoms with Gasteiger partial charge in [-0.1, -0.05) is 67.1 Å². The molecule has 4 heteroatoms. The molecule has 0 bridgehead atoms. The average molecular weight is 417 g/mol. The van der Waals surface area contributed by atoms with Crippen molar-refractivity contribution in [3.8, 4) is 11.4 Å². The van der Waals surface area contributed by atoms with Crippen molar-refractivity contribution in [2.75, 3.05) is 0 Å². The Morgan fingerprint density at radius 3 is 2.61 bits per heavy atom. The van der Waals surface area contributed by atoms with Crippen molar-refractivity contribution < 1.29 is 9.63 Å².